The van der Waals surface area contributed by atoms with Crippen LogP contribution >= 0.6 is 23.2 Å². The molecule has 2 aromatic rings. The molecule has 0 spiro atoms. The Balaban J connectivity index is 1.60. The summed E-state index contributed by atoms with van der Waals surface area (Å²) in [5.74, 6) is 0.153. The topological polar surface area (TPSA) is 66.9 Å². The Bertz CT molecular complexity index is 946. The Morgan fingerprint density at radius 2 is 1.68 bits per heavy atom. The first-order valence-electron chi connectivity index (χ1n) is 8.75. The highest BCUT2D eigenvalue weighted by Crippen LogP contribution is 2.28. The molecule has 6 nitrogen and oxygen atoms in total. The molecule has 3 rings (SSSR count). The molecule has 0 radical (unpaired) electrons. The van der Waals surface area contributed by atoms with E-state index in [1.54, 1.807) is 60.4 Å². The molecule has 1 aliphatic heterocycles. The van der Waals surface area contributed by atoms with Crippen LogP contribution in [-0.2, 0) is 14.8 Å². The summed E-state index contributed by atoms with van der Waals surface area (Å²) >= 11 is 11.9. The van der Waals surface area contributed by atoms with E-state index in [1.807, 2.05) is 0 Å². The summed E-state index contributed by atoms with van der Waals surface area (Å²) in [5, 5.41) is 0.804. The van der Waals surface area contributed by atoms with Gasteiger partial charge in [0.1, 0.15) is 5.75 Å². The lowest BCUT2D eigenvalue weighted by Crippen LogP contribution is -2.53. The van der Waals surface area contributed by atoms with Crippen LogP contribution in [0.1, 0.15) is 6.92 Å². The van der Waals surface area contributed by atoms with Gasteiger partial charge in [0.05, 0.1) is 9.92 Å². The first-order chi connectivity index (χ1) is 13.3. The van der Waals surface area contributed by atoms with Gasteiger partial charge in [0, 0.05) is 31.2 Å². The first kappa shape index (κ1) is 20.9. The number of hydrogen-bond donors (Lipinski definition) is 0. The average Bonchev–Trinajstić information content (AvgIpc) is 2.70. The fourth-order valence-electron chi connectivity index (χ4n) is 2.96. The van der Waals surface area contributed by atoms with Crippen LogP contribution in [-0.4, -0.2) is 55.8 Å². The molecule has 1 aliphatic rings. The van der Waals surface area contributed by atoms with Crippen LogP contribution in [0.2, 0.25) is 10.0 Å². The van der Waals surface area contributed by atoms with Gasteiger partial charge in [0.2, 0.25) is 10.0 Å². The van der Waals surface area contributed by atoms with Crippen molar-refractivity contribution in [2.24, 2.45) is 0 Å². The number of benzene rings is 2. The Morgan fingerprint density at radius 3 is 2.29 bits per heavy atom. The largest absolute Gasteiger partial charge is 0.479 e. The highest BCUT2D eigenvalue weighted by Gasteiger charge is 2.32. The third kappa shape index (κ3) is 4.60. The van der Waals surface area contributed by atoms with E-state index in [0.29, 0.717) is 28.9 Å². The van der Waals surface area contributed by atoms with Gasteiger partial charge in [-0.1, -0.05) is 41.4 Å². The summed E-state index contributed by atoms with van der Waals surface area (Å²) in [5.41, 5.74) is 0. The number of halogens is 2. The predicted molar refractivity (Wildman–Crippen MR) is 108 cm³/mol. The number of sulfonamides is 1. The number of rotatable bonds is 5. The number of carbonyl (C=O) groups is 1. The van der Waals surface area contributed by atoms with Gasteiger partial charge in [-0.2, -0.15) is 4.31 Å². The second-order valence-electron chi connectivity index (χ2n) is 6.38. The minimum Gasteiger partial charge on any atom is -0.479 e. The van der Waals surface area contributed by atoms with Crippen molar-refractivity contribution in [3.05, 3.63) is 58.6 Å². The highest BCUT2D eigenvalue weighted by atomic mass is 35.5. The third-order valence-electron chi connectivity index (χ3n) is 4.48. The van der Waals surface area contributed by atoms with Gasteiger partial charge in [0.15, 0.2) is 6.10 Å². The molecule has 0 unspecified atom stereocenters. The van der Waals surface area contributed by atoms with Crippen LogP contribution in [0.5, 0.6) is 5.75 Å². The molecule has 150 valence electrons. The molecule has 0 aromatic heterocycles. The summed E-state index contributed by atoms with van der Waals surface area (Å²) in [6.45, 7) is 2.70. The van der Waals surface area contributed by atoms with Crippen LogP contribution in [0.25, 0.3) is 0 Å². The zero-order valence-corrected chi connectivity index (χ0v) is 17.5. The van der Waals surface area contributed by atoms with Gasteiger partial charge in [-0.25, -0.2) is 8.42 Å². The van der Waals surface area contributed by atoms with Gasteiger partial charge in [-0.3, -0.25) is 4.79 Å². The van der Waals surface area contributed by atoms with Crippen molar-refractivity contribution >= 4 is 39.1 Å². The summed E-state index contributed by atoms with van der Waals surface area (Å²) in [6.07, 6.45) is -0.754. The van der Waals surface area contributed by atoms with E-state index in [0.717, 1.165) is 0 Å². The van der Waals surface area contributed by atoms with Gasteiger partial charge < -0.3 is 9.64 Å². The fourth-order valence-corrected chi connectivity index (χ4v) is 4.86. The van der Waals surface area contributed by atoms with E-state index in [4.69, 9.17) is 27.9 Å². The van der Waals surface area contributed by atoms with Crippen molar-refractivity contribution in [2.75, 3.05) is 26.2 Å². The number of ether oxygens (including phenoxy) is 1. The molecule has 1 atom stereocenters. The lowest BCUT2D eigenvalue weighted by molar-refractivity contribution is -0.139. The quantitative estimate of drug-likeness (QED) is 0.712. The van der Waals surface area contributed by atoms with Crippen LogP contribution < -0.4 is 4.74 Å². The Morgan fingerprint density at radius 1 is 1.04 bits per heavy atom. The normalized spacial score (nSPS) is 16.6. The maximum Gasteiger partial charge on any atom is 0.263 e. The molecule has 0 aliphatic carbocycles. The summed E-state index contributed by atoms with van der Waals surface area (Å²) < 4.78 is 32.4. The molecule has 9 heteroatoms. The van der Waals surface area contributed by atoms with Gasteiger partial charge in [-0.05, 0) is 37.3 Å². The summed E-state index contributed by atoms with van der Waals surface area (Å²) in [6, 6.07) is 13.1. The van der Waals surface area contributed by atoms with Crippen molar-refractivity contribution in [1.29, 1.82) is 0 Å². The van der Waals surface area contributed by atoms with Crippen molar-refractivity contribution < 1.29 is 17.9 Å². The van der Waals surface area contributed by atoms with Gasteiger partial charge >= 0.3 is 0 Å². The SMILES string of the molecule is C[C@H](Oc1ccc(Cl)cc1Cl)C(=O)N1CCN(S(=O)(=O)c2ccccc2)CC1. The zero-order chi connectivity index (χ0) is 20.3. The standard InChI is InChI=1S/C19H20Cl2N2O4S/c1-14(27-18-8-7-15(20)13-17(18)21)19(24)22-9-11-23(12-10-22)28(25,26)16-5-3-2-4-6-16/h2-8,13-14H,9-12H2,1H3/t14-/m0/s1. The van der Waals surface area contributed by atoms with Crippen molar-refractivity contribution in [2.45, 2.75) is 17.9 Å². The Labute approximate surface area is 174 Å². The summed E-state index contributed by atoms with van der Waals surface area (Å²) in [7, 11) is -3.56. The molecule has 1 saturated heterocycles. The molecule has 0 N–H and O–H groups in total. The third-order valence-corrected chi connectivity index (χ3v) is 6.92. The van der Waals surface area contributed by atoms with Crippen molar-refractivity contribution in [3.8, 4) is 5.75 Å². The van der Waals surface area contributed by atoms with Crippen molar-refractivity contribution in [1.82, 2.24) is 9.21 Å². The fraction of sp³-hybridized carbons (Fsp3) is 0.316. The van der Waals surface area contributed by atoms with E-state index in [9.17, 15) is 13.2 Å². The maximum atomic E-state index is 12.7. The van der Waals surface area contributed by atoms with E-state index in [1.165, 1.54) is 4.31 Å². The van der Waals surface area contributed by atoms with Gasteiger partial charge in [-0.15, -0.1) is 0 Å². The van der Waals surface area contributed by atoms with Crippen LogP contribution in [0.3, 0.4) is 0 Å². The number of carbonyl (C=O) groups excluding carboxylic acids is 1. The number of piperazine rings is 1. The number of nitrogens with zero attached hydrogens (tertiary/aromatic N) is 2. The van der Waals surface area contributed by atoms with Crippen LogP contribution in [0.15, 0.2) is 53.4 Å². The lowest BCUT2D eigenvalue weighted by Gasteiger charge is -2.35. The first-order valence-corrected chi connectivity index (χ1v) is 10.9. The van der Waals surface area contributed by atoms with E-state index in [-0.39, 0.29) is 23.9 Å². The lowest BCUT2D eigenvalue weighted by atomic mass is 10.2. The summed E-state index contributed by atoms with van der Waals surface area (Å²) in [4.78, 5) is 14.5. The van der Waals surface area contributed by atoms with E-state index >= 15 is 0 Å². The Hall–Kier alpha value is -1.80. The van der Waals surface area contributed by atoms with Crippen LogP contribution in [0.4, 0.5) is 0 Å². The smallest absolute Gasteiger partial charge is 0.263 e. The monoisotopic (exact) mass is 442 g/mol. The molecular weight excluding hydrogens is 423 g/mol. The van der Waals surface area contributed by atoms with Gasteiger partial charge in [0.25, 0.3) is 5.91 Å². The van der Waals surface area contributed by atoms with Crippen molar-refractivity contribution in [3.63, 3.8) is 0 Å². The molecule has 1 amide bonds. The molecule has 28 heavy (non-hydrogen) atoms. The second kappa shape index (κ2) is 8.69. The molecular formula is C19H20Cl2N2O4S. The minimum absolute atomic E-state index is 0.220. The second-order valence-corrected chi connectivity index (χ2v) is 9.16. The van der Waals surface area contributed by atoms with E-state index in [2.05, 4.69) is 0 Å². The molecule has 1 heterocycles. The minimum atomic E-state index is -3.56. The Kier molecular flexibility index (Phi) is 6.50. The average molecular weight is 443 g/mol. The highest BCUT2D eigenvalue weighted by molar-refractivity contribution is 7.89. The van der Waals surface area contributed by atoms with Crippen LogP contribution in [0, 0.1) is 0 Å². The molecule has 1 fully saturated rings. The number of hydrogen-bond acceptors (Lipinski definition) is 4. The van der Waals surface area contributed by atoms with E-state index < -0.39 is 16.1 Å². The maximum absolute atomic E-state index is 12.7. The molecule has 2 aromatic carbocycles. The molecule has 0 bridgehead atoms. The molecule has 0 saturated carbocycles. The predicted octanol–water partition coefficient (Wildman–Crippen LogP) is 3.29. The number of amides is 1. The zero-order valence-electron chi connectivity index (χ0n) is 15.2.